The molecule has 1 aromatic heterocycles. The number of aliphatic hydroxyl groups excluding tert-OH is 1. The molecule has 0 unspecified atom stereocenters. The van der Waals surface area contributed by atoms with Crippen molar-refractivity contribution in [1.29, 1.82) is 0 Å². The van der Waals surface area contributed by atoms with Crippen molar-refractivity contribution in [2.75, 3.05) is 19.7 Å². The zero-order chi connectivity index (χ0) is 14.3. The van der Waals surface area contributed by atoms with E-state index in [1.165, 1.54) is 0 Å². The van der Waals surface area contributed by atoms with Crippen LogP contribution >= 0.6 is 24.0 Å². The van der Waals surface area contributed by atoms with Gasteiger partial charge in [0.15, 0.2) is 5.96 Å². The van der Waals surface area contributed by atoms with Gasteiger partial charge in [-0.2, -0.15) is 0 Å². The quantitative estimate of drug-likeness (QED) is 0.401. The summed E-state index contributed by atoms with van der Waals surface area (Å²) < 4.78 is 5.66. The van der Waals surface area contributed by atoms with Gasteiger partial charge in [-0.25, -0.2) is 9.98 Å². The average molecular weight is 396 g/mol. The standard InChI is InChI=1S/C13H24N4O2.HI/c1-5-14-12(15-6-7-18)17-9-11-16-8-10(19-11)13(2,3)4;/h8,18H,5-7,9H2,1-4H3,(H2,14,15,17);1H. The number of hydrogen-bond acceptors (Lipinski definition) is 4. The molecule has 116 valence electrons. The van der Waals surface area contributed by atoms with Gasteiger partial charge in [0, 0.05) is 18.5 Å². The Bertz CT molecular complexity index is 413. The van der Waals surface area contributed by atoms with Crippen LogP contribution in [0.4, 0.5) is 0 Å². The third-order valence-corrected chi connectivity index (χ3v) is 2.41. The fourth-order valence-corrected chi connectivity index (χ4v) is 1.39. The first-order valence-corrected chi connectivity index (χ1v) is 6.55. The summed E-state index contributed by atoms with van der Waals surface area (Å²) in [5.41, 5.74) is -0.0470. The molecule has 0 aromatic carbocycles. The summed E-state index contributed by atoms with van der Waals surface area (Å²) in [7, 11) is 0. The molecule has 0 saturated heterocycles. The van der Waals surface area contributed by atoms with Crippen LogP contribution in [-0.4, -0.2) is 35.7 Å². The lowest BCUT2D eigenvalue weighted by molar-refractivity contribution is 0.300. The summed E-state index contributed by atoms with van der Waals surface area (Å²) in [4.78, 5) is 8.56. The number of oxazole rings is 1. The molecule has 0 spiro atoms. The molecule has 0 aliphatic rings. The van der Waals surface area contributed by atoms with Gasteiger partial charge in [-0.05, 0) is 6.92 Å². The van der Waals surface area contributed by atoms with E-state index < -0.39 is 0 Å². The van der Waals surface area contributed by atoms with Crippen LogP contribution in [-0.2, 0) is 12.0 Å². The summed E-state index contributed by atoms with van der Waals surface area (Å²) in [6.45, 7) is 9.88. The van der Waals surface area contributed by atoms with Gasteiger partial charge in [-0.1, -0.05) is 20.8 Å². The van der Waals surface area contributed by atoms with Gasteiger partial charge in [-0.15, -0.1) is 24.0 Å². The van der Waals surface area contributed by atoms with Crippen LogP contribution in [0.1, 0.15) is 39.3 Å². The third kappa shape index (κ3) is 6.56. The number of hydrogen-bond donors (Lipinski definition) is 3. The molecule has 0 radical (unpaired) electrons. The van der Waals surface area contributed by atoms with Gasteiger partial charge in [0.2, 0.25) is 5.89 Å². The minimum atomic E-state index is -0.0470. The summed E-state index contributed by atoms with van der Waals surface area (Å²) in [6, 6.07) is 0. The van der Waals surface area contributed by atoms with Crippen molar-refractivity contribution in [2.45, 2.75) is 39.7 Å². The summed E-state index contributed by atoms with van der Waals surface area (Å²) in [5.74, 6) is 2.09. The smallest absolute Gasteiger partial charge is 0.216 e. The highest BCUT2D eigenvalue weighted by molar-refractivity contribution is 14.0. The maximum absolute atomic E-state index is 8.79. The van der Waals surface area contributed by atoms with Crippen molar-refractivity contribution in [3.05, 3.63) is 17.8 Å². The number of nitrogens with zero attached hydrogens (tertiary/aromatic N) is 2. The van der Waals surface area contributed by atoms with E-state index in [0.717, 1.165) is 12.3 Å². The molecule has 3 N–H and O–H groups in total. The molecule has 0 fully saturated rings. The van der Waals surface area contributed by atoms with Crippen LogP contribution in [0.3, 0.4) is 0 Å². The molecule has 1 aromatic rings. The molecular formula is C13H25IN4O2. The van der Waals surface area contributed by atoms with Gasteiger partial charge < -0.3 is 20.2 Å². The Morgan fingerprint density at radius 1 is 1.40 bits per heavy atom. The molecule has 0 bridgehead atoms. The Balaban J connectivity index is 0.00000361. The van der Waals surface area contributed by atoms with E-state index in [9.17, 15) is 0 Å². The molecule has 6 nitrogen and oxygen atoms in total. The maximum Gasteiger partial charge on any atom is 0.216 e. The molecule has 0 atom stereocenters. The Labute approximate surface area is 137 Å². The van der Waals surface area contributed by atoms with Crippen LogP contribution in [0.2, 0.25) is 0 Å². The second kappa shape index (κ2) is 9.17. The van der Waals surface area contributed by atoms with E-state index in [2.05, 4.69) is 41.4 Å². The largest absolute Gasteiger partial charge is 0.443 e. The third-order valence-electron chi connectivity index (χ3n) is 2.41. The maximum atomic E-state index is 8.79. The molecule has 0 amide bonds. The fourth-order valence-electron chi connectivity index (χ4n) is 1.39. The van der Waals surface area contributed by atoms with Gasteiger partial charge in [-0.3, -0.25) is 0 Å². The Kier molecular flexibility index (Phi) is 8.79. The van der Waals surface area contributed by atoms with Crippen molar-refractivity contribution in [3.8, 4) is 0 Å². The molecule has 0 aliphatic heterocycles. The van der Waals surface area contributed by atoms with E-state index in [0.29, 0.717) is 24.9 Å². The SMILES string of the molecule is CCNC(=NCc1ncc(C(C)(C)C)o1)NCCO.I. The topological polar surface area (TPSA) is 82.7 Å². The Morgan fingerprint density at radius 2 is 2.10 bits per heavy atom. The summed E-state index contributed by atoms with van der Waals surface area (Å²) in [5, 5.41) is 14.9. The van der Waals surface area contributed by atoms with E-state index >= 15 is 0 Å². The normalized spacial score (nSPS) is 11.9. The fraction of sp³-hybridized carbons (Fsp3) is 0.692. The molecule has 0 saturated carbocycles. The Hall–Kier alpha value is -0.830. The van der Waals surface area contributed by atoms with Gasteiger partial charge >= 0.3 is 0 Å². The summed E-state index contributed by atoms with van der Waals surface area (Å²) >= 11 is 0. The number of rotatable bonds is 5. The van der Waals surface area contributed by atoms with E-state index in [-0.39, 0.29) is 36.0 Å². The first-order valence-electron chi connectivity index (χ1n) is 6.55. The number of aliphatic imine (C=N–C) groups is 1. The number of aliphatic hydroxyl groups is 1. The van der Waals surface area contributed by atoms with Crippen molar-refractivity contribution in [1.82, 2.24) is 15.6 Å². The molecule has 1 heterocycles. The van der Waals surface area contributed by atoms with Gasteiger partial charge in [0.05, 0.1) is 12.8 Å². The molecular weight excluding hydrogens is 371 g/mol. The van der Waals surface area contributed by atoms with Crippen molar-refractivity contribution in [2.24, 2.45) is 4.99 Å². The van der Waals surface area contributed by atoms with Crippen LogP contribution in [0.15, 0.2) is 15.6 Å². The van der Waals surface area contributed by atoms with Crippen molar-refractivity contribution in [3.63, 3.8) is 0 Å². The van der Waals surface area contributed by atoms with Crippen LogP contribution < -0.4 is 10.6 Å². The summed E-state index contributed by atoms with van der Waals surface area (Å²) in [6.07, 6.45) is 1.75. The van der Waals surface area contributed by atoms with Crippen LogP contribution in [0, 0.1) is 0 Å². The van der Waals surface area contributed by atoms with Crippen LogP contribution in [0.25, 0.3) is 0 Å². The van der Waals surface area contributed by atoms with Gasteiger partial charge in [0.1, 0.15) is 12.3 Å². The predicted octanol–water partition coefficient (Wildman–Crippen LogP) is 1.64. The highest BCUT2D eigenvalue weighted by Crippen LogP contribution is 2.22. The monoisotopic (exact) mass is 396 g/mol. The minimum Gasteiger partial charge on any atom is -0.443 e. The highest BCUT2D eigenvalue weighted by Gasteiger charge is 2.18. The zero-order valence-electron chi connectivity index (χ0n) is 12.6. The van der Waals surface area contributed by atoms with Gasteiger partial charge in [0.25, 0.3) is 0 Å². The second-order valence-corrected chi connectivity index (χ2v) is 5.21. The first kappa shape index (κ1) is 19.2. The van der Waals surface area contributed by atoms with Crippen LogP contribution in [0.5, 0.6) is 0 Å². The molecule has 0 aliphatic carbocycles. The first-order chi connectivity index (χ1) is 8.97. The molecule has 1 rings (SSSR count). The van der Waals surface area contributed by atoms with Crippen molar-refractivity contribution >= 4 is 29.9 Å². The number of aromatic nitrogens is 1. The highest BCUT2D eigenvalue weighted by atomic mass is 127. The van der Waals surface area contributed by atoms with E-state index in [1.54, 1.807) is 6.20 Å². The lowest BCUT2D eigenvalue weighted by atomic mass is 9.94. The number of nitrogens with one attached hydrogen (secondary N) is 2. The molecule has 7 heteroatoms. The zero-order valence-corrected chi connectivity index (χ0v) is 14.9. The predicted molar refractivity (Wildman–Crippen MR) is 90.5 cm³/mol. The number of halogens is 1. The lowest BCUT2D eigenvalue weighted by Gasteiger charge is -2.13. The lowest BCUT2D eigenvalue weighted by Crippen LogP contribution is -2.38. The second-order valence-electron chi connectivity index (χ2n) is 5.21. The molecule has 20 heavy (non-hydrogen) atoms. The average Bonchev–Trinajstić information content (AvgIpc) is 2.81. The van der Waals surface area contributed by atoms with E-state index in [4.69, 9.17) is 9.52 Å². The van der Waals surface area contributed by atoms with Crippen molar-refractivity contribution < 1.29 is 9.52 Å². The Morgan fingerprint density at radius 3 is 2.60 bits per heavy atom. The number of guanidine groups is 1. The van der Waals surface area contributed by atoms with E-state index in [1.807, 2.05) is 6.92 Å². The minimum absolute atomic E-state index is 0.